The number of anilines is 1. The SMILES string of the molecule is CCCN(CCC)Cc1cccc(NC)n1. The van der Waals surface area contributed by atoms with E-state index in [4.69, 9.17) is 0 Å². The van der Waals surface area contributed by atoms with Gasteiger partial charge in [-0.15, -0.1) is 0 Å². The molecule has 0 aliphatic carbocycles. The van der Waals surface area contributed by atoms with Crippen molar-refractivity contribution in [1.82, 2.24) is 9.88 Å². The average molecular weight is 221 g/mol. The van der Waals surface area contributed by atoms with Gasteiger partial charge in [0.1, 0.15) is 5.82 Å². The molecule has 3 heteroatoms. The number of hydrogen-bond donors (Lipinski definition) is 1. The van der Waals surface area contributed by atoms with Gasteiger partial charge in [-0.3, -0.25) is 4.90 Å². The Labute approximate surface area is 98.9 Å². The second kappa shape index (κ2) is 7.23. The summed E-state index contributed by atoms with van der Waals surface area (Å²) in [6, 6.07) is 6.15. The lowest BCUT2D eigenvalue weighted by Crippen LogP contribution is -2.25. The van der Waals surface area contributed by atoms with Crippen molar-refractivity contribution < 1.29 is 0 Å². The fourth-order valence-electron chi connectivity index (χ4n) is 1.84. The van der Waals surface area contributed by atoms with E-state index < -0.39 is 0 Å². The van der Waals surface area contributed by atoms with E-state index in [1.54, 1.807) is 0 Å². The molecule has 3 nitrogen and oxygen atoms in total. The molecule has 90 valence electrons. The molecule has 1 aromatic rings. The van der Waals surface area contributed by atoms with Crippen LogP contribution in [-0.2, 0) is 6.54 Å². The lowest BCUT2D eigenvalue weighted by molar-refractivity contribution is 0.263. The first-order valence-corrected chi connectivity index (χ1v) is 6.16. The largest absolute Gasteiger partial charge is 0.373 e. The average Bonchev–Trinajstić information content (AvgIpc) is 2.30. The van der Waals surface area contributed by atoms with Crippen LogP contribution in [0.3, 0.4) is 0 Å². The summed E-state index contributed by atoms with van der Waals surface area (Å²) in [4.78, 5) is 7.00. The van der Waals surface area contributed by atoms with Gasteiger partial charge in [-0.25, -0.2) is 4.98 Å². The maximum atomic E-state index is 4.54. The van der Waals surface area contributed by atoms with Crippen LogP contribution in [-0.4, -0.2) is 30.0 Å². The van der Waals surface area contributed by atoms with E-state index in [1.165, 1.54) is 12.8 Å². The summed E-state index contributed by atoms with van der Waals surface area (Å²) in [6.45, 7) is 7.70. The zero-order valence-corrected chi connectivity index (χ0v) is 10.7. The van der Waals surface area contributed by atoms with Crippen molar-refractivity contribution in [1.29, 1.82) is 0 Å². The first kappa shape index (κ1) is 13.0. The van der Waals surface area contributed by atoms with Gasteiger partial charge in [0.2, 0.25) is 0 Å². The zero-order valence-electron chi connectivity index (χ0n) is 10.7. The standard InChI is InChI=1S/C13H23N3/c1-4-9-16(10-5-2)11-12-7-6-8-13(14-3)15-12/h6-8H,4-5,9-11H2,1-3H3,(H,14,15). The third-order valence-corrected chi connectivity index (χ3v) is 2.53. The molecule has 0 radical (unpaired) electrons. The fraction of sp³-hybridized carbons (Fsp3) is 0.615. The van der Waals surface area contributed by atoms with Crippen molar-refractivity contribution in [2.75, 3.05) is 25.5 Å². The van der Waals surface area contributed by atoms with Gasteiger partial charge in [0, 0.05) is 13.6 Å². The molecule has 0 fully saturated rings. The minimum absolute atomic E-state index is 0.949. The van der Waals surface area contributed by atoms with E-state index in [0.717, 1.165) is 31.1 Å². The molecule has 0 atom stereocenters. The lowest BCUT2D eigenvalue weighted by atomic mass is 10.3. The van der Waals surface area contributed by atoms with E-state index in [2.05, 4.69) is 41.2 Å². The highest BCUT2D eigenvalue weighted by Gasteiger charge is 2.05. The molecule has 0 aromatic carbocycles. The number of rotatable bonds is 7. The monoisotopic (exact) mass is 221 g/mol. The van der Waals surface area contributed by atoms with Gasteiger partial charge in [-0.2, -0.15) is 0 Å². The smallest absolute Gasteiger partial charge is 0.126 e. The summed E-state index contributed by atoms with van der Waals surface area (Å²) in [7, 11) is 1.90. The van der Waals surface area contributed by atoms with Crippen molar-refractivity contribution in [3.05, 3.63) is 23.9 Å². The van der Waals surface area contributed by atoms with Crippen LogP contribution >= 0.6 is 0 Å². The van der Waals surface area contributed by atoms with Crippen LogP contribution in [0.4, 0.5) is 5.82 Å². The Kier molecular flexibility index (Phi) is 5.86. The van der Waals surface area contributed by atoms with Crippen LogP contribution in [0.1, 0.15) is 32.4 Å². The maximum Gasteiger partial charge on any atom is 0.126 e. The van der Waals surface area contributed by atoms with Crippen molar-refractivity contribution in [2.45, 2.75) is 33.2 Å². The summed E-state index contributed by atoms with van der Waals surface area (Å²) < 4.78 is 0. The zero-order chi connectivity index (χ0) is 11.8. The van der Waals surface area contributed by atoms with Gasteiger partial charge < -0.3 is 5.32 Å². The summed E-state index contributed by atoms with van der Waals surface area (Å²) in [5.74, 6) is 0.949. The molecule has 0 saturated heterocycles. The van der Waals surface area contributed by atoms with Gasteiger partial charge in [-0.1, -0.05) is 19.9 Å². The highest BCUT2D eigenvalue weighted by atomic mass is 15.1. The van der Waals surface area contributed by atoms with Gasteiger partial charge in [0.05, 0.1) is 5.69 Å². The van der Waals surface area contributed by atoms with Crippen molar-refractivity contribution in [3.8, 4) is 0 Å². The van der Waals surface area contributed by atoms with Gasteiger partial charge in [-0.05, 0) is 38.1 Å². The quantitative estimate of drug-likeness (QED) is 0.767. The molecule has 16 heavy (non-hydrogen) atoms. The van der Waals surface area contributed by atoms with Gasteiger partial charge >= 0.3 is 0 Å². The Hall–Kier alpha value is -1.09. The normalized spacial score (nSPS) is 10.8. The number of nitrogens with zero attached hydrogens (tertiary/aromatic N) is 2. The summed E-state index contributed by atoms with van der Waals surface area (Å²) in [6.07, 6.45) is 2.40. The summed E-state index contributed by atoms with van der Waals surface area (Å²) in [5, 5.41) is 3.07. The minimum atomic E-state index is 0.949. The Morgan fingerprint density at radius 3 is 2.44 bits per heavy atom. The van der Waals surface area contributed by atoms with Gasteiger partial charge in [0.25, 0.3) is 0 Å². The van der Waals surface area contributed by atoms with Crippen LogP contribution < -0.4 is 5.32 Å². The molecule has 0 aliphatic heterocycles. The van der Waals surface area contributed by atoms with Crippen LogP contribution in [0.2, 0.25) is 0 Å². The van der Waals surface area contributed by atoms with Crippen molar-refractivity contribution >= 4 is 5.82 Å². The molecule has 0 amide bonds. The molecule has 1 rings (SSSR count). The van der Waals surface area contributed by atoms with Crippen LogP contribution in [0.5, 0.6) is 0 Å². The minimum Gasteiger partial charge on any atom is -0.373 e. The van der Waals surface area contributed by atoms with E-state index >= 15 is 0 Å². The first-order valence-electron chi connectivity index (χ1n) is 6.16. The summed E-state index contributed by atoms with van der Waals surface area (Å²) >= 11 is 0. The van der Waals surface area contributed by atoms with E-state index in [-0.39, 0.29) is 0 Å². The number of hydrogen-bond acceptors (Lipinski definition) is 3. The predicted molar refractivity (Wildman–Crippen MR) is 69.6 cm³/mol. The Balaban J connectivity index is 2.60. The fourth-order valence-corrected chi connectivity index (χ4v) is 1.84. The highest BCUT2D eigenvalue weighted by molar-refractivity contribution is 5.34. The molecule has 0 unspecified atom stereocenters. The molecule has 1 heterocycles. The van der Waals surface area contributed by atoms with Crippen molar-refractivity contribution in [2.24, 2.45) is 0 Å². The van der Waals surface area contributed by atoms with Crippen LogP contribution in [0.15, 0.2) is 18.2 Å². The van der Waals surface area contributed by atoms with E-state index in [1.807, 2.05) is 13.1 Å². The number of nitrogens with one attached hydrogen (secondary N) is 1. The maximum absolute atomic E-state index is 4.54. The predicted octanol–water partition coefficient (Wildman–Crippen LogP) is 2.75. The number of aromatic nitrogens is 1. The third-order valence-electron chi connectivity index (χ3n) is 2.53. The lowest BCUT2D eigenvalue weighted by Gasteiger charge is -2.20. The van der Waals surface area contributed by atoms with Gasteiger partial charge in [0.15, 0.2) is 0 Å². The van der Waals surface area contributed by atoms with Crippen LogP contribution in [0.25, 0.3) is 0 Å². The number of pyridine rings is 1. The molecular formula is C13H23N3. The third kappa shape index (κ3) is 4.19. The molecule has 0 spiro atoms. The second-order valence-electron chi connectivity index (χ2n) is 4.04. The molecule has 0 bridgehead atoms. The molecular weight excluding hydrogens is 198 g/mol. The first-order chi connectivity index (χ1) is 7.80. The van der Waals surface area contributed by atoms with E-state index in [0.29, 0.717) is 0 Å². The molecule has 0 saturated carbocycles. The summed E-state index contributed by atoms with van der Waals surface area (Å²) in [5.41, 5.74) is 1.15. The molecule has 1 N–H and O–H groups in total. The highest BCUT2D eigenvalue weighted by Crippen LogP contribution is 2.07. The van der Waals surface area contributed by atoms with Crippen LogP contribution in [0, 0.1) is 0 Å². The Morgan fingerprint density at radius 1 is 1.19 bits per heavy atom. The Bertz CT molecular complexity index is 293. The molecule has 0 aliphatic rings. The van der Waals surface area contributed by atoms with E-state index in [9.17, 15) is 0 Å². The topological polar surface area (TPSA) is 28.2 Å². The Morgan fingerprint density at radius 2 is 1.88 bits per heavy atom. The second-order valence-corrected chi connectivity index (χ2v) is 4.04. The van der Waals surface area contributed by atoms with Crippen molar-refractivity contribution in [3.63, 3.8) is 0 Å². The molecule has 1 aromatic heterocycles.